The van der Waals surface area contributed by atoms with Crippen LogP contribution in [-0.2, 0) is 11.3 Å². The van der Waals surface area contributed by atoms with Gasteiger partial charge in [0.2, 0.25) is 5.91 Å². The second-order valence-corrected chi connectivity index (χ2v) is 5.90. The summed E-state index contributed by atoms with van der Waals surface area (Å²) in [4.78, 5) is 16.2. The van der Waals surface area contributed by atoms with Gasteiger partial charge in [0.15, 0.2) is 0 Å². The number of rotatable bonds is 5. The molecule has 116 valence electrons. The number of hydrogen-bond donors (Lipinski definition) is 1. The number of halogens is 1. The molecule has 1 aliphatic rings. The Labute approximate surface area is 125 Å². The number of nitrogens with one attached hydrogen (secondary N) is 1. The van der Waals surface area contributed by atoms with Crippen LogP contribution in [0.3, 0.4) is 0 Å². The Kier molecular flexibility index (Phi) is 5.70. The Morgan fingerprint density at radius 3 is 2.52 bits per heavy atom. The number of hydrogen-bond acceptors (Lipinski definition) is 3. The van der Waals surface area contributed by atoms with Crippen LogP contribution in [0.1, 0.15) is 19.4 Å². The fourth-order valence-electron chi connectivity index (χ4n) is 2.57. The topological polar surface area (TPSA) is 35.6 Å². The van der Waals surface area contributed by atoms with Crippen molar-refractivity contribution in [2.75, 3.05) is 32.7 Å². The third-order valence-corrected chi connectivity index (χ3v) is 3.58. The van der Waals surface area contributed by atoms with Crippen molar-refractivity contribution in [1.82, 2.24) is 15.1 Å². The van der Waals surface area contributed by atoms with E-state index < -0.39 is 0 Å². The number of piperazine rings is 1. The van der Waals surface area contributed by atoms with E-state index in [9.17, 15) is 9.18 Å². The fourth-order valence-corrected chi connectivity index (χ4v) is 2.57. The molecule has 1 saturated heterocycles. The van der Waals surface area contributed by atoms with Gasteiger partial charge < -0.3 is 5.32 Å². The molecule has 0 aromatic heterocycles. The molecular formula is C16H24FN3O. The molecule has 4 nitrogen and oxygen atoms in total. The first-order valence-corrected chi connectivity index (χ1v) is 7.51. The Morgan fingerprint density at radius 1 is 1.24 bits per heavy atom. The maximum absolute atomic E-state index is 13.2. The summed E-state index contributed by atoms with van der Waals surface area (Å²) in [6, 6.07) is 6.94. The fraction of sp³-hybridized carbons (Fsp3) is 0.562. The molecule has 1 aromatic carbocycles. The van der Waals surface area contributed by atoms with Crippen molar-refractivity contribution in [3.05, 3.63) is 35.6 Å². The summed E-state index contributed by atoms with van der Waals surface area (Å²) in [5, 5.41) is 2.91. The minimum Gasteiger partial charge on any atom is -0.353 e. The van der Waals surface area contributed by atoms with E-state index in [0.717, 1.165) is 38.3 Å². The van der Waals surface area contributed by atoms with E-state index in [0.29, 0.717) is 6.54 Å². The van der Waals surface area contributed by atoms with E-state index in [-0.39, 0.29) is 17.8 Å². The lowest BCUT2D eigenvalue weighted by Crippen LogP contribution is -2.49. The van der Waals surface area contributed by atoms with Gasteiger partial charge in [-0.25, -0.2) is 4.39 Å². The Balaban J connectivity index is 1.74. The molecular weight excluding hydrogens is 269 g/mol. The lowest BCUT2D eigenvalue weighted by Gasteiger charge is -2.34. The Morgan fingerprint density at radius 2 is 1.90 bits per heavy atom. The monoisotopic (exact) mass is 293 g/mol. The molecule has 0 radical (unpaired) electrons. The molecule has 1 heterocycles. The molecule has 0 bridgehead atoms. The van der Waals surface area contributed by atoms with Crippen LogP contribution < -0.4 is 5.32 Å². The first-order valence-electron chi connectivity index (χ1n) is 7.51. The summed E-state index contributed by atoms with van der Waals surface area (Å²) in [6.07, 6.45) is 0. The SMILES string of the molecule is CC(C)NC(=O)CN1CCN(Cc2cccc(F)c2)CC1. The minimum absolute atomic E-state index is 0.0866. The van der Waals surface area contributed by atoms with E-state index in [1.807, 2.05) is 19.9 Å². The number of carbonyl (C=O) groups excluding carboxylic acids is 1. The third kappa shape index (κ3) is 5.44. The molecule has 21 heavy (non-hydrogen) atoms. The Hall–Kier alpha value is -1.46. The van der Waals surface area contributed by atoms with Crippen LogP contribution in [0, 0.1) is 5.82 Å². The molecule has 0 atom stereocenters. The summed E-state index contributed by atoms with van der Waals surface area (Å²) in [7, 11) is 0. The predicted octanol–water partition coefficient (Wildman–Crippen LogP) is 1.47. The van der Waals surface area contributed by atoms with Gasteiger partial charge in [0, 0.05) is 38.8 Å². The zero-order chi connectivity index (χ0) is 15.2. The first kappa shape index (κ1) is 15.9. The van der Waals surface area contributed by atoms with Crippen LogP contribution in [0.15, 0.2) is 24.3 Å². The normalized spacial score (nSPS) is 17.1. The van der Waals surface area contributed by atoms with Gasteiger partial charge in [0.1, 0.15) is 5.82 Å². The molecule has 1 fully saturated rings. The van der Waals surface area contributed by atoms with Gasteiger partial charge in [0.25, 0.3) is 0 Å². The molecule has 0 aliphatic carbocycles. The van der Waals surface area contributed by atoms with Gasteiger partial charge >= 0.3 is 0 Å². The van der Waals surface area contributed by atoms with E-state index in [2.05, 4.69) is 15.1 Å². The lowest BCUT2D eigenvalue weighted by atomic mass is 10.2. The zero-order valence-electron chi connectivity index (χ0n) is 12.8. The van der Waals surface area contributed by atoms with Crippen LogP contribution in [0.5, 0.6) is 0 Å². The molecule has 1 aliphatic heterocycles. The minimum atomic E-state index is -0.184. The molecule has 1 N–H and O–H groups in total. The van der Waals surface area contributed by atoms with E-state index in [1.165, 1.54) is 6.07 Å². The van der Waals surface area contributed by atoms with Gasteiger partial charge in [-0.3, -0.25) is 14.6 Å². The number of benzene rings is 1. The highest BCUT2D eigenvalue weighted by molar-refractivity contribution is 5.78. The van der Waals surface area contributed by atoms with Crippen LogP contribution in [0.2, 0.25) is 0 Å². The van der Waals surface area contributed by atoms with Crippen molar-refractivity contribution in [3.8, 4) is 0 Å². The van der Waals surface area contributed by atoms with Crippen LogP contribution in [-0.4, -0.2) is 54.5 Å². The molecule has 0 unspecified atom stereocenters. The summed E-state index contributed by atoms with van der Waals surface area (Å²) in [5.41, 5.74) is 1.00. The van der Waals surface area contributed by atoms with Crippen molar-refractivity contribution in [1.29, 1.82) is 0 Å². The average molecular weight is 293 g/mol. The first-order chi connectivity index (χ1) is 10.0. The van der Waals surface area contributed by atoms with Crippen LogP contribution in [0.4, 0.5) is 4.39 Å². The van der Waals surface area contributed by atoms with Crippen molar-refractivity contribution in [2.24, 2.45) is 0 Å². The molecule has 0 spiro atoms. The molecule has 5 heteroatoms. The highest BCUT2D eigenvalue weighted by Crippen LogP contribution is 2.10. The maximum Gasteiger partial charge on any atom is 0.234 e. The van der Waals surface area contributed by atoms with E-state index in [4.69, 9.17) is 0 Å². The van der Waals surface area contributed by atoms with Gasteiger partial charge in [-0.15, -0.1) is 0 Å². The Bertz CT molecular complexity index is 470. The van der Waals surface area contributed by atoms with E-state index in [1.54, 1.807) is 12.1 Å². The highest BCUT2D eigenvalue weighted by Gasteiger charge is 2.19. The maximum atomic E-state index is 13.2. The van der Waals surface area contributed by atoms with Gasteiger partial charge in [-0.2, -0.15) is 0 Å². The van der Waals surface area contributed by atoms with Gasteiger partial charge in [0.05, 0.1) is 6.54 Å². The van der Waals surface area contributed by atoms with Gasteiger partial charge in [-0.1, -0.05) is 12.1 Å². The highest BCUT2D eigenvalue weighted by atomic mass is 19.1. The van der Waals surface area contributed by atoms with E-state index >= 15 is 0 Å². The molecule has 0 saturated carbocycles. The number of amides is 1. The van der Waals surface area contributed by atoms with Crippen molar-refractivity contribution >= 4 is 5.91 Å². The second-order valence-electron chi connectivity index (χ2n) is 5.90. The third-order valence-electron chi connectivity index (χ3n) is 3.58. The average Bonchev–Trinajstić information content (AvgIpc) is 2.40. The quantitative estimate of drug-likeness (QED) is 0.893. The smallest absolute Gasteiger partial charge is 0.234 e. The largest absolute Gasteiger partial charge is 0.353 e. The summed E-state index contributed by atoms with van der Waals surface area (Å²) >= 11 is 0. The molecule has 1 aromatic rings. The van der Waals surface area contributed by atoms with Crippen LogP contribution >= 0.6 is 0 Å². The van der Waals surface area contributed by atoms with Gasteiger partial charge in [-0.05, 0) is 31.5 Å². The van der Waals surface area contributed by atoms with Crippen LogP contribution in [0.25, 0.3) is 0 Å². The molecule has 1 amide bonds. The number of nitrogens with zero attached hydrogens (tertiary/aromatic N) is 2. The van der Waals surface area contributed by atoms with Crippen molar-refractivity contribution < 1.29 is 9.18 Å². The number of carbonyl (C=O) groups is 1. The summed E-state index contributed by atoms with van der Waals surface area (Å²) in [5.74, 6) is -0.0972. The van der Waals surface area contributed by atoms with Crippen molar-refractivity contribution in [2.45, 2.75) is 26.4 Å². The second kappa shape index (κ2) is 7.52. The predicted molar refractivity (Wildman–Crippen MR) is 81.4 cm³/mol. The lowest BCUT2D eigenvalue weighted by molar-refractivity contribution is -0.123. The summed E-state index contributed by atoms with van der Waals surface area (Å²) < 4.78 is 13.2. The standard InChI is InChI=1S/C16H24FN3O/c1-13(2)18-16(21)12-20-8-6-19(7-9-20)11-14-4-3-5-15(17)10-14/h3-5,10,13H,6-9,11-12H2,1-2H3,(H,18,21). The molecule has 2 rings (SSSR count). The summed E-state index contributed by atoms with van der Waals surface area (Å²) in [6.45, 7) is 8.73. The van der Waals surface area contributed by atoms with Crippen molar-refractivity contribution in [3.63, 3.8) is 0 Å². The zero-order valence-corrected chi connectivity index (χ0v) is 12.8.